The molecule has 2 heterocycles. The van der Waals surface area contributed by atoms with E-state index >= 15 is 0 Å². The lowest BCUT2D eigenvalue weighted by Gasteiger charge is -2.39. The molecule has 1 aliphatic carbocycles. The van der Waals surface area contributed by atoms with E-state index in [-0.39, 0.29) is 11.3 Å². The summed E-state index contributed by atoms with van der Waals surface area (Å²) < 4.78 is 2.57. The van der Waals surface area contributed by atoms with Gasteiger partial charge >= 0.3 is 5.97 Å². The van der Waals surface area contributed by atoms with E-state index in [1.807, 2.05) is 24.4 Å². The Labute approximate surface area is 136 Å². The quantitative estimate of drug-likeness (QED) is 0.851. The van der Waals surface area contributed by atoms with Gasteiger partial charge in [0.1, 0.15) is 15.9 Å². The van der Waals surface area contributed by atoms with Gasteiger partial charge in [-0.05, 0) is 34.2 Å². The van der Waals surface area contributed by atoms with Gasteiger partial charge in [0.25, 0.3) is 0 Å². The number of fused-ring (bicyclic) bond motifs is 1. The van der Waals surface area contributed by atoms with Gasteiger partial charge in [0.2, 0.25) is 0 Å². The Morgan fingerprint density at radius 3 is 2.77 bits per heavy atom. The third-order valence-corrected chi connectivity index (χ3v) is 6.11. The van der Waals surface area contributed by atoms with Gasteiger partial charge < -0.3 is 10.8 Å². The number of nitrogens with two attached hydrogens (primary N) is 1. The molecule has 3 N–H and O–H groups in total. The molecule has 6 nitrogen and oxygen atoms in total. The van der Waals surface area contributed by atoms with Crippen molar-refractivity contribution in [3.63, 3.8) is 0 Å². The molecule has 118 valence electrons. The van der Waals surface area contributed by atoms with Gasteiger partial charge in [-0.3, -0.25) is 9.20 Å². The second-order valence-electron chi connectivity index (χ2n) is 6.74. The van der Waals surface area contributed by atoms with Crippen LogP contribution in [0.2, 0.25) is 0 Å². The largest absolute Gasteiger partial charge is 0.481 e. The van der Waals surface area contributed by atoms with E-state index in [9.17, 15) is 9.90 Å². The van der Waals surface area contributed by atoms with E-state index in [0.717, 1.165) is 17.8 Å². The van der Waals surface area contributed by atoms with E-state index < -0.39 is 11.4 Å². The fraction of sp³-hybridized carbons (Fsp3) is 0.533. The summed E-state index contributed by atoms with van der Waals surface area (Å²) in [5, 5.41) is 9.52. The Morgan fingerprint density at radius 1 is 1.50 bits per heavy atom. The van der Waals surface area contributed by atoms with Crippen LogP contribution in [-0.2, 0) is 10.2 Å². The average Bonchev–Trinajstić information content (AvgIpc) is 2.88. The van der Waals surface area contributed by atoms with Crippen molar-refractivity contribution in [2.45, 2.75) is 39.0 Å². The zero-order chi connectivity index (χ0) is 16.3. The maximum absolute atomic E-state index is 11.6. The normalized spacial score (nSPS) is 27.4. The van der Waals surface area contributed by atoms with Crippen LogP contribution in [0.1, 0.15) is 39.4 Å². The number of anilines is 1. The number of nitrogens with zero attached hydrogens (tertiary/aromatic N) is 3. The van der Waals surface area contributed by atoms with Crippen molar-refractivity contribution in [2.24, 2.45) is 11.3 Å². The second kappa shape index (κ2) is 4.68. The van der Waals surface area contributed by atoms with Crippen molar-refractivity contribution in [1.82, 2.24) is 14.4 Å². The Bertz CT molecular complexity index is 770. The summed E-state index contributed by atoms with van der Waals surface area (Å²) in [5.74, 6) is 0.109. The number of carbonyl (C=O) groups is 1. The fourth-order valence-electron chi connectivity index (χ4n) is 3.74. The van der Waals surface area contributed by atoms with Gasteiger partial charge in [-0.15, -0.1) is 0 Å². The summed E-state index contributed by atoms with van der Waals surface area (Å²) >= 11 is 3.45. The lowest BCUT2D eigenvalue weighted by Crippen LogP contribution is -2.41. The van der Waals surface area contributed by atoms with Gasteiger partial charge in [-0.2, -0.15) is 0 Å². The minimum Gasteiger partial charge on any atom is -0.481 e. The van der Waals surface area contributed by atoms with Gasteiger partial charge in [-0.1, -0.05) is 20.8 Å². The van der Waals surface area contributed by atoms with Crippen molar-refractivity contribution in [2.75, 3.05) is 5.73 Å². The molecule has 0 amide bonds. The van der Waals surface area contributed by atoms with Crippen LogP contribution >= 0.6 is 15.9 Å². The zero-order valence-corrected chi connectivity index (χ0v) is 14.4. The van der Waals surface area contributed by atoms with Crippen LogP contribution in [0.5, 0.6) is 0 Å². The van der Waals surface area contributed by atoms with E-state index in [4.69, 9.17) is 5.73 Å². The highest BCUT2D eigenvalue weighted by molar-refractivity contribution is 9.10. The van der Waals surface area contributed by atoms with Crippen LogP contribution in [0.3, 0.4) is 0 Å². The first-order valence-electron chi connectivity index (χ1n) is 7.21. The maximum Gasteiger partial charge on any atom is 0.307 e. The molecule has 1 aliphatic rings. The molecule has 2 atom stereocenters. The summed E-state index contributed by atoms with van der Waals surface area (Å²) in [6.07, 6.45) is 4.88. The number of rotatable bonds is 2. The van der Waals surface area contributed by atoms with E-state index in [2.05, 4.69) is 32.8 Å². The summed E-state index contributed by atoms with van der Waals surface area (Å²) in [7, 11) is 0. The molecule has 0 aliphatic heterocycles. The lowest BCUT2D eigenvalue weighted by atomic mass is 9.65. The number of hydrogen-bond donors (Lipinski definition) is 2. The number of nitrogen functional groups attached to an aromatic ring is 1. The van der Waals surface area contributed by atoms with Crippen LogP contribution in [0.15, 0.2) is 17.0 Å². The molecule has 0 saturated heterocycles. The van der Waals surface area contributed by atoms with E-state index in [0.29, 0.717) is 16.8 Å². The highest BCUT2D eigenvalue weighted by Gasteiger charge is 2.57. The monoisotopic (exact) mass is 366 g/mol. The highest BCUT2D eigenvalue weighted by Crippen LogP contribution is 2.57. The van der Waals surface area contributed by atoms with E-state index in [1.165, 1.54) is 0 Å². The molecule has 2 aromatic rings. The van der Waals surface area contributed by atoms with Crippen molar-refractivity contribution in [3.8, 4) is 0 Å². The van der Waals surface area contributed by atoms with Crippen LogP contribution in [0.4, 0.5) is 5.82 Å². The minimum atomic E-state index is -0.741. The van der Waals surface area contributed by atoms with Gasteiger partial charge in [0.15, 0.2) is 5.82 Å². The number of carboxylic acid groups (broad SMARTS) is 1. The van der Waals surface area contributed by atoms with Crippen molar-refractivity contribution in [1.29, 1.82) is 0 Å². The smallest absolute Gasteiger partial charge is 0.307 e. The molecule has 1 fully saturated rings. The SMILES string of the molecule is CC1(C)[C@H](C(=O)O)CC[C@@]1(C)c1nc(Br)c2c(N)nccn12. The number of hydrogen-bond acceptors (Lipinski definition) is 4. The topological polar surface area (TPSA) is 93.5 Å². The van der Waals surface area contributed by atoms with Crippen LogP contribution in [0.25, 0.3) is 5.52 Å². The fourth-order valence-corrected chi connectivity index (χ4v) is 4.30. The molecule has 3 rings (SSSR count). The molecule has 0 bridgehead atoms. The van der Waals surface area contributed by atoms with Crippen molar-refractivity contribution in [3.05, 3.63) is 22.8 Å². The molecule has 0 spiro atoms. The van der Waals surface area contributed by atoms with Crippen molar-refractivity contribution < 1.29 is 9.90 Å². The zero-order valence-electron chi connectivity index (χ0n) is 12.8. The van der Waals surface area contributed by atoms with E-state index in [1.54, 1.807) is 6.20 Å². The molecule has 0 unspecified atom stereocenters. The Hall–Kier alpha value is -1.63. The molecule has 1 saturated carbocycles. The summed E-state index contributed by atoms with van der Waals surface area (Å²) in [6.45, 7) is 6.12. The summed E-state index contributed by atoms with van der Waals surface area (Å²) in [6, 6.07) is 0. The predicted molar refractivity (Wildman–Crippen MR) is 86.6 cm³/mol. The third-order valence-electron chi connectivity index (χ3n) is 5.56. The minimum absolute atomic E-state index is 0.362. The van der Waals surface area contributed by atoms with Crippen LogP contribution in [0, 0.1) is 11.3 Å². The van der Waals surface area contributed by atoms with Gasteiger partial charge in [0, 0.05) is 17.8 Å². The van der Waals surface area contributed by atoms with Crippen LogP contribution < -0.4 is 5.73 Å². The predicted octanol–water partition coefficient (Wildman–Crippen LogP) is 2.85. The molecular formula is C15H19BrN4O2. The highest BCUT2D eigenvalue weighted by atomic mass is 79.9. The second-order valence-corrected chi connectivity index (χ2v) is 7.49. The average molecular weight is 367 g/mol. The van der Waals surface area contributed by atoms with Crippen LogP contribution in [-0.4, -0.2) is 25.4 Å². The first-order chi connectivity index (χ1) is 10.2. The Kier molecular flexibility index (Phi) is 3.25. The maximum atomic E-state index is 11.6. The van der Waals surface area contributed by atoms with Crippen molar-refractivity contribution >= 4 is 33.2 Å². The number of halogens is 1. The first-order valence-corrected chi connectivity index (χ1v) is 8.01. The molecular weight excluding hydrogens is 348 g/mol. The Morgan fingerprint density at radius 2 is 2.18 bits per heavy atom. The molecule has 0 radical (unpaired) electrons. The Balaban J connectivity index is 2.24. The molecule has 7 heteroatoms. The molecule has 2 aromatic heterocycles. The van der Waals surface area contributed by atoms with Gasteiger partial charge in [0.05, 0.1) is 5.92 Å². The molecule has 0 aromatic carbocycles. The number of aromatic nitrogens is 3. The third kappa shape index (κ3) is 1.81. The summed E-state index contributed by atoms with van der Waals surface area (Å²) in [4.78, 5) is 20.4. The number of imidazole rings is 1. The standard InChI is InChI=1S/C15H19BrN4O2/c1-14(2)8(12(21)22)4-5-15(14,3)13-19-10(16)9-11(17)18-6-7-20(9)13/h6-8H,4-5H2,1-3H3,(H2,17,18)(H,21,22)/t8-,15-/m0/s1. The number of aliphatic carboxylic acids is 1. The van der Waals surface area contributed by atoms with Gasteiger partial charge in [-0.25, -0.2) is 9.97 Å². The lowest BCUT2D eigenvalue weighted by molar-refractivity contribution is -0.145. The number of carboxylic acids is 1. The summed E-state index contributed by atoms with van der Waals surface area (Å²) in [5.41, 5.74) is 5.91. The molecule has 22 heavy (non-hydrogen) atoms. The first kappa shape index (κ1) is 15.3.